The maximum Gasteiger partial charge on any atom is 0.342 e. The molecule has 0 amide bonds. The number of anilines is 1. The molecule has 0 aromatic heterocycles. The third kappa shape index (κ3) is 3.98. The van der Waals surface area contributed by atoms with Crippen LogP contribution in [0.25, 0.3) is 0 Å². The fourth-order valence-electron chi connectivity index (χ4n) is 2.10. The smallest absolute Gasteiger partial charge is 0.342 e. The van der Waals surface area contributed by atoms with Crippen LogP contribution in [-0.2, 0) is 0 Å². The second kappa shape index (κ2) is 7.23. The molecular formula is C15H12ClN3O7. The molecular weight excluding hydrogens is 370 g/mol. The zero-order valence-electron chi connectivity index (χ0n) is 13.5. The van der Waals surface area contributed by atoms with Crippen LogP contribution in [0.1, 0.15) is 10.4 Å². The quantitative estimate of drug-likeness (QED) is 0.590. The lowest BCUT2D eigenvalue weighted by molar-refractivity contribution is -0.394. The van der Waals surface area contributed by atoms with Gasteiger partial charge in [0.15, 0.2) is 0 Å². The lowest BCUT2D eigenvalue weighted by atomic mass is 10.1. The first-order chi connectivity index (χ1) is 12.1. The predicted molar refractivity (Wildman–Crippen MR) is 92.6 cm³/mol. The maximum atomic E-state index is 11.3. The highest BCUT2D eigenvalue weighted by Gasteiger charge is 2.29. The summed E-state index contributed by atoms with van der Waals surface area (Å²) < 4.78 is 5.43. The Morgan fingerprint density at radius 1 is 1.08 bits per heavy atom. The fraction of sp³-hybridized carbons (Fsp3) is 0.133. The molecule has 0 aliphatic heterocycles. The van der Waals surface area contributed by atoms with E-state index in [2.05, 4.69) is 0 Å². The number of rotatable bonds is 6. The molecule has 10 nitrogen and oxygen atoms in total. The van der Waals surface area contributed by atoms with Crippen molar-refractivity contribution in [3.63, 3.8) is 0 Å². The van der Waals surface area contributed by atoms with E-state index in [1.165, 1.54) is 12.1 Å². The standard InChI is InChI=1S/C15H12ClN3O7/c1-17(2)9-3-8(16)4-10(5-9)26-14-6-11(15(20)21)12(18(22)23)7-13(14)19(24)25/h3-7H,1-2H3,(H,20,21). The van der Waals surface area contributed by atoms with Crippen molar-refractivity contribution >= 4 is 34.6 Å². The van der Waals surface area contributed by atoms with E-state index in [9.17, 15) is 25.0 Å². The Kier molecular flexibility index (Phi) is 5.27. The molecule has 0 aliphatic carbocycles. The average molecular weight is 382 g/mol. The number of benzene rings is 2. The van der Waals surface area contributed by atoms with Crippen molar-refractivity contribution in [1.29, 1.82) is 0 Å². The second-order valence-electron chi connectivity index (χ2n) is 5.30. The van der Waals surface area contributed by atoms with Gasteiger partial charge in [-0.25, -0.2) is 4.79 Å². The van der Waals surface area contributed by atoms with Gasteiger partial charge in [-0.05, 0) is 12.1 Å². The van der Waals surface area contributed by atoms with Crippen molar-refractivity contribution in [2.24, 2.45) is 0 Å². The van der Waals surface area contributed by atoms with Crippen LogP contribution in [0.15, 0.2) is 30.3 Å². The molecule has 0 heterocycles. The lowest BCUT2D eigenvalue weighted by Gasteiger charge is -2.15. The van der Waals surface area contributed by atoms with E-state index >= 15 is 0 Å². The van der Waals surface area contributed by atoms with E-state index < -0.39 is 38.5 Å². The fourth-order valence-corrected chi connectivity index (χ4v) is 2.32. The maximum absolute atomic E-state index is 11.3. The van der Waals surface area contributed by atoms with Crippen LogP contribution in [0, 0.1) is 20.2 Å². The van der Waals surface area contributed by atoms with E-state index in [1.54, 1.807) is 25.1 Å². The molecule has 2 aromatic rings. The highest BCUT2D eigenvalue weighted by molar-refractivity contribution is 6.31. The van der Waals surface area contributed by atoms with E-state index in [0.29, 0.717) is 11.8 Å². The van der Waals surface area contributed by atoms with E-state index in [1.807, 2.05) is 0 Å². The van der Waals surface area contributed by atoms with E-state index in [4.69, 9.17) is 21.4 Å². The highest BCUT2D eigenvalue weighted by Crippen LogP contribution is 2.38. The summed E-state index contributed by atoms with van der Waals surface area (Å²) in [5.41, 5.74) is -1.74. The van der Waals surface area contributed by atoms with E-state index in [-0.39, 0.29) is 10.8 Å². The number of nitro benzene ring substituents is 2. The van der Waals surface area contributed by atoms with Gasteiger partial charge in [-0.3, -0.25) is 20.2 Å². The molecule has 0 radical (unpaired) electrons. The number of ether oxygens (including phenoxy) is 1. The van der Waals surface area contributed by atoms with Crippen LogP contribution in [0.4, 0.5) is 17.1 Å². The van der Waals surface area contributed by atoms with Crippen molar-refractivity contribution in [2.45, 2.75) is 0 Å². The Morgan fingerprint density at radius 2 is 1.69 bits per heavy atom. The van der Waals surface area contributed by atoms with Crippen molar-refractivity contribution in [3.05, 3.63) is 61.1 Å². The summed E-state index contributed by atoms with van der Waals surface area (Å²) in [5, 5.41) is 31.6. The average Bonchev–Trinajstić information content (AvgIpc) is 2.53. The Bertz CT molecular complexity index is 914. The lowest BCUT2D eigenvalue weighted by Crippen LogP contribution is -2.08. The molecule has 0 bridgehead atoms. The summed E-state index contributed by atoms with van der Waals surface area (Å²) in [5.74, 6) is -1.96. The summed E-state index contributed by atoms with van der Waals surface area (Å²) >= 11 is 5.99. The number of carboxylic acids is 1. The van der Waals surface area contributed by atoms with Crippen molar-refractivity contribution in [3.8, 4) is 11.5 Å². The van der Waals surface area contributed by atoms with Crippen LogP contribution < -0.4 is 9.64 Å². The zero-order valence-corrected chi connectivity index (χ0v) is 14.3. The molecule has 1 N–H and O–H groups in total. The normalized spacial score (nSPS) is 10.3. The molecule has 0 unspecified atom stereocenters. The Morgan fingerprint density at radius 3 is 2.19 bits per heavy atom. The van der Waals surface area contributed by atoms with Gasteiger partial charge in [-0.1, -0.05) is 11.6 Å². The number of carboxylic acid groups (broad SMARTS) is 1. The zero-order chi connectivity index (χ0) is 19.6. The van der Waals surface area contributed by atoms with Gasteiger partial charge < -0.3 is 14.7 Å². The summed E-state index contributed by atoms with van der Waals surface area (Å²) in [6.07, 6.45) is 0. The van der Waals surface area contributed by atoms with Gasteiger partial charge in [-0.15, -0.1) is 0 Å². The molecule has 2 aromatic carbocycles. The Labute approximate surface area is 151 Å². The molecule has 0 aliphatic rings. The molecule has 26 heavy (non-hydrogen) atoms. The van der Waals surface area contributed by atoms with Crippen molar-refractivity contribution in [1.82, 2.24) is 0 Å². The molecule has 0 fully saturated rings. The summed E-state index contributed by atoms with van der Waals surface area (Å²) in [4.78, 5) is 33.3. The summed E-state index contributed by atoms with van der Waals surface area (Å²) in [6, 6.07) is 5.82. The monoisotopic (exact) mass is 381 g/mol. The largest absolute Gasteiger partial charge is 0.477 e. The van der Waals surface area contributed by atoms with Gasteiger partial charge in [-0.2, -0.15) is 0 Å². The first-order valence-electron chi connectivity index (χ1n) is 6.96. The summed E-state index contributed by atoms with van der Waals surface area (Å²) in [6.45, 7) is 0. The van der Waals surface area contributed by atoms with Crippen LogP contribution in [0.5, 0.6) is 11.5 Å². The van der Waals surface area contributed by atoms with Gasteiger partial charge in [0.2, 0.25) is 5.75 Å². The third-order valence-corrected chi connectivity index (χ3v) is 3.52. The van der Waals surface area contributed by atoms with Crippen LogP contribution in [-0.4, -0.2) is 35.0 Å². The highest BCUT2D eigenvalue weighted by atomic mass is 35.5. The molecule has 0 atom stereocenters. The van der Waals surface area contributed by atoms with Crippen LogP contribution in [0.3, 0.4) is 0 Å². The molecule has 0 spiro atoms. The number of nitro groups is 2. The number of carbonyl (C=O) groups is 1. The van der Waals surface area contributed by atoms with Crippen molar-refractivity contribution in [2.75, 3.05) is 19.0 Å². The molecule has 0 saturated carbocycles. The second-order valence-corrected chi connectivity index (χ2v) is 5.73. The topological polar surface area (TPSA) is 136 Å². The minimum atomic E-state index is -1.61. The van der Waals surface area contributed by atoms with Crippen LogP contribution >= 0.6 is 11.6 Å². The van der Waals surface area contributed by atoms with Gasteiger partial charge in [0.1, 0.15) is 11.3 Å². The first kappa shape index (κ1) is 18.9. The molecule has 0 saturated heterocycles. The first-order valence-corrected chi connectivity index (χ1v) is 7.34. The molecule has 136 valence electrons. The SMILES string of the molecule is CN(C)c1cc(Cl)cc(Oc2cc(C(=O)O)c([N+](=O)[O-])cc2[N+](=O)[O-])c1. The predicted octanol–water partition coefficient (Wildman–Crippen LogP) is 3.71. The number of hydrogen-bond donors (Lipinski definition) is 1. The number of hydrogen-bond acceptors (Lipinski definition) is 7. The molecule has 11 heteroatoms. The van der Waals surface area contributed by atoms with E-state index in [0.717, 1.165) is 6.07 Å². The van der Waals surface area contributed by atoms with Gasteiger partial charge >= 0.3 is 11.7 Å². The Hall–Kier alpha value is -3.40. The van der Waals surface area contributed by atoms with Crippen LogP contribution in [0.2, 0.25) is 5.02 Å². The Balaban J connectivity index is 2.62. The van der Waals surface area contributed by atoms with Gasteiger partial charge in [0.25, 0.3) is 5.69 Å². The summed E-state index contributed by atoms with van der Waals surface area (Å²) in [7, 11) is 3.48. The number of aromatic carboxylic acids is 1. The van der Waals surface area contributed by atoms with Gasteiger partial charge in [0.05, 0.1) is 15.9 Å². The molecule has 2 rings (SSSR count). The van der Waals surface area contributed by atoms with Crippen molar-refractivity contribution < 1.29 is 24.5 Å². The third-order valence-electron chi connectivity index (χ3n) is 3.30. The number of halogens is 1. The van der Waals surface area contributed by atoms with Gasteiger partial charge in [0, 0.05) is 36.9 Å². The minimum absolute atomic E-state index is 0.106. The minimum Gasteiger partial charge on any atom is -0.477 e. The number of nitrogens with zero attached hydrogens (tertiary/aromatic N) is 3.